The van der Waals surface area contributed by atoms with Gasteiger partial charge in [-0.2, -0.15) is 0 Å². The largest absolute Gasteiger partial charge is 0.350 e. The summed E-state index contributed by atoms with van der Waals surface area (Å²) in [7, 11) is -3.88. The minimum atomic E-state index is -3.88. The van der Waals surface area contributed by atoms with Crippen LogP contribution in [0, 0.1) is 13.8 Å². The van der Waals surface area contributed by atoms with Crippen LogP contribution in [0.15, 0.2) is 47.4 Å². The van der Waals surface area contributed by atoms with Crippen LogP contribution in [0.3, 0.4) is 0 Å². The van der Waals surface area contributed by atoms with Gasteiger partial charge in [0.05, 0.1) is 4.90 Å². The van der Waals surface area contributed by atoms with E-state index in [4.69, 9.17) is 0 Å². The predicted molar refractivity (Wildman–Crippen MR) is 118 cm³/mol. The molecule has 0 aliphatic heterocycles. The van der Waals surface area contributed by atoms with E-state index >= 15 is 0 Å². The normalized spacial score (nSPS) is 12.7. The average Bonchev–Trinajstić information content (AvgIpc) is 2.62. The molecule has 1 atom stereocenters. The predicted octanol–water partition coefficient (Wildman–Crippen LogP) is 3.14. The number of anilines is 1. The first kappa shape index (κ1) is 23.4. The average molecular weight is 432 g/mol. The Hall–Kier alpha value is -2.87. The third-order valence-electron chi connectivity index (χ3n) is 4.31. The summed E-state index contributed by atoms with van der Waals surface area (Å²) in [5.41, 5.74) is 1.81. The highest BCUT2D eigenvalue weighted by atomic mass is 32.2. The molecule has 0 saturated carbocycles. The van der Waals surface area contributed by atoms with Crippen LogP contribution in [0.2, 0.25) is 0 Å². The van der Waals surface area contributed by atoms with E-state index in [2.05, 4.69) is 15.4 Å². The Bertz CT molecular complexity index is 1040. The SMILES string of the molecule is Cc1ccc(NS(=O)(=O)c2ccc(C)c(C(=O)NC(C)C(=O)NC(C)(C)C)c2)cc1. The van der Waals surface area contributed by atoms with Gasteiger partial charge in [0.1, 0.15) is 6.04 Å². The molecule has 1 unspecified atom stereocenters. The van der Waals surface area contributed by atoms with Crippen molar-refractivity contribution in [3.05, 3.63) is 59.2 Å². The number of hydrogen-bond donors (Lipinski definition) is 3. The molecule has 0 aromatic heterocycles. The van der Waals surface area contributed by atoms with E-state index in [0.717, 1.165) is 5.56 Å². The second-order valence-electron chi connectivity index (χ2n) is 8.38. The summed E-state index contributed by atoms with van der Waals surface area (Å²) in [4.78, 5) is 24.9. The lowest BCUT2D eigenvalue weighted by atomic mass is 10.1. The topological polar surface area (TPSA) is 104 Å². The first-order valence-electron chi connectivity index (χ1n) is 9.61. The number of hydrogen-bond acceptors (Lipinski definition) is 4. The quantitative estimate of drug-likeness (QED) is 0.653. The molecule has 30 heavy (non-hydrogen) atoms. The number of carbonyl (C=O) groups is 2. The van der Waals surface area contributed by atoms with Crippen LogP contribution in [0.5, 0.6) is 0 Å². The molecule has 0 fully saturated rings. The summed E-state index contributed by atoms with van der Waals surface area (Å²) in [5, 5.41) is 5.43. The molecule has 0 spiro atoms. The van der Waals surface area contributed by atoms with E-state index in [1.54, 1.807) is 44.2 Å². The Labute approximate surface area is 178 Å². The zero-order chi connectivity index (χ0) is 22.7. The van der Waals surface area contributed by atoms with Crippen LogP contribution in [0.1, 0.15) is 49.2 Å². The van der Waals surface area contributed by atoms with E-state index in [0.29, 0.717) is 11.3 Å². The Morgan fingerprint density at radius 1 is 0.967 bits per heavy atom. The second-order valence-corrected chi connectivity index (χ2v) is 10.1. The molecule has 0 saturated heterocycles. The Kier molecular flexibility index (Phi) is 6.92. The van der Waals surface area contributed by atoms with Gasteiger partial charge in [-0.05, 0) is 71.4 Å². The minimum absolute atomic E-state index is 0.0365. The lowest BCUT2D eigenvalue weighted by molar-refractivity contribution is -0.124. The molecule has 2 amide bonds. The van der Waals surface area contributed by atoms with Crippen molar-refractivity contribution < 1.29 is 18.0 Å². The molecule has 8 heteroatoms. The molecule has 0 aliphatic carbocycles. The van der Waals surface area contributed by atoms with Gasteiger partial charge in [-0.25, -0.2) is 8.42 Å². The Morgan fingerprint density at radius 2 is 1.57 bits per heavy atom. The Balaban J connectivity index is 2.22. The number of carbonyl (C=O) groups excluding carboxylic acids is 2. The van der Waals surface area contributed by atoms with Crippen LogP contribution in [-0.2, 0) is 14.8 Å². The van der Waals surface area contributed by atoms with Crippen LogP contribution >= 0.6 is 0 Å². The van der Waals surface area contributed by atoms with Crippen LogP contribution < -0.4 is 15.4 Å². The number of rotatable bonds is 6. The summed E-state index contributed by atoms with van der Waals surface area (Å²) in [6, 6.07) is 10.5. The van der Waals surface area contributed by atoms with Gasteiger partial charge in [-0.3, -0.25) is 14.3 Å². The monoisotopic (exact) mass is 431 g/mol. The van der Waals surface area contributed by atoms with Gasteiger partial charge in [-0.15, -0.1) is 0 Å². The molecule has 3 N–H and O–H groups in total. The second kappa shape index (κ2) is 8.87. The zero-order valence-corrected chi connectivity index (χ0v) is 19.0. The van der Waals surface area contributed by atoms with Crippen molar-refractivity contribution in [1.82, 2.24) is 10.6 Å². The fourth-order valence-electron chi connectivity index (χ4n) is 2.67. The van der Waals surface area contributed by atoms with Crippen molar-refractivity contribution in [3.63, 3.8) is 0 Å². The van der Waals surface area contributed by atoms with Crippen molar-refractivity contribution >= 4 is 27.5 Å². The van der Waals surface area contributed by atoms with Gasteiger partial charge in [0, 0.05) is 16.8 Å². The van der Waals surface area contributed by atoms with E-state index in [1.165, 1.54) is 12.1 Å². The van der Waals surface area contributed by atoms with Gasteiger partial charge in [-0.1, -0.05) is 23.8 Å². The van der Waals surface area contributed by atoms with Crippen molar-refractivity contribution in [1.29, 1.82) is 0 Å². The van der Waals surface area contributed by atoms with Crippen molar-refractivity contribution in [2.45, 2.75) is 58.0 Å². The summed E-state index contributed by atoms with van der Waals surface area (Å²) in [5.74, 6) is -0.838. The maximum Gasteiger partial charge on any atom is 0.261 e. The highest BCUT2D eigenvalue weighted by Crippen LogP contribution is 2.20. The van der Waals surface area contributed by atoms with Gasteiger partial charge < -0.3 is 10.6 Å². The van der Waals surface area contributed by atoms with Crippen molar-refractivity contribution in [3.8, 4) is 0 Å². The lowest BCUT2D eigenvalue weighted by Crippen LogP contribution is -2.50. The first-order valence-corrected chi connectivity index (χ1v) is 11.1. The third kappa shape index (κ3) is 6.32. The van der Waals surface area contributed by atoms with E-state index in [1.807, 2.05) is 27.7 Å². The third-order valence-corrected chi connectivity index (χ3v) is 5.69. The lowest BCUT2D eigenvalue weighted by Gasteiger charge is -2.24. The summed E-state index contributed by atoms with van der Waals surface area (Å²) < 4.78 is 28.0. The van der Waals surface area contributed by atoms with E-state index in [9.17, 15) is 18.0 Å². The molecule has 2 aromatic carbocycles. The molecule has 7 nitrogen and oxygen atoms in total. The molecule has 2 rings (SSSR count). The van der Waals surface area contributed by atoms with Gasteiger partial charge >= 0.3 is 0 Å². The van der Waals surface area contributed by atoms with Crippen molar-refractivity contribution in [2.75, 3.05) is 4.72 Å². The Morgan fingerprint density at radius 3 is 2.13 bits per heavy atom. The molecule has 162 valence electrons. The molecule has 0 bridgehead atoms. The van der Waals surface area contributed by atoms with E-state index in [-0.39, 0.29) is 16.4 Å². The fourth-order valence-corrected chi connectivity index (χ4v) is 3.75. The molecule has 0 aliphatic rings. The van der Waals surface area contributed by atoms with Gasteiger partial charge in [0.2, 0.25) is 5.91 Å². The molecule has 0 radical (unpaired) electrons. The van der Waals surface area contributed by atoms with Gasteiger partial charge in [0.15, 0.2) is 0 Å². The summed E-state index contributed by atoms with van der Waals surface area (Å²) in [6.07, 6.45) is 0. The molecule has 0 heterocycles. The van der Waals surface area contributed by atoms with Crippen LogP contribution in [0.4, 0.5) is 5.69 Å². The maximum atomic E-state index is 12.8. The van der Waals surface area contributed by atoms with Crippen LogP contribution in [-0.4, -0.2) is 31.8 Å². The molecule has 2 aromatic rings. The fraction of sp³-hybridized carbons (Fsp3) is 0.364. The highest BCUT2D eigenvalue weighted by molar-refractivity contribution is 7.92. The maximum absolute atomic E-state index is 12.8. The number of sulfonamides is 1. The first-order chi connectivity index (χ1) is 13.8. The van der Waals surface area contributed by atoms with Crippen LogP contribution in [0.25, 0.3) is 0 Å². The number of benzene rings is 2. The molecular weight excluding hydrogens is 402 g/mol. The zero-order valence-electron chi connectivity index (χ0n) is 18.2. The van der Waals surface area contributed by atoms with Gasteiger partial charge in [0.25, 0.3) is 15.9 Å². The van der Waals surface area contributed by atoms with Crippen molar-refractivity contribution in [2.24, 2.45) is 0 Å². The highest BCUT2D eigenvalue weighted by Gasteiger charge is 2.23. The summed E-state index contributed by atoms with van der Waals surface area (Å²) in [6.45, 7) is 10.7. The van der Waals surface area contributed by atoms with E-state index < -0.39 is 27.5 Å². The minimum Gasteiger partial charge on any atom is -0.350 e. The number of nitrogens with one attached hydrogen (secondary N) is 3. The standard InChI is InChI=1S/C22H29N3O4S/c1-14-7-10-17(11-8-14)25-30(28,29)18-12-9-15(2)19(13-18)21(27)23-16(3)20(26)24-22(4,5)6/h7-13,16,25H,1-6H3,(H,23,27)(H,24,26). The molecular formula is C22H29N3O4S. The number of amides is 2. The number of aryl methyl sites for hydroxylation is 2. The summed E-state index contributed by atoms with van der Waals surface area (Å²) >= 11 is 0. The smallest absolute Gasteiger partial charge is 0.261 e.